The van der Waals surface area contributed by atoms with Gasteiger partial charge in [0.2, 0.25) is 0 Å². The van der Waals surface area contributed by atoms with Crippen LogP contribution in [0.25, 0.3) is 0 Å². The van der Waals surface area contributed by atoms with E-state index in [1.165, 1.54) is 0 Å². The zero-order valence-corrected chi connectivity index (χ0v) is 38.4. The highest BCUT2D eigenvalue weighted by atomic mass is 16.8. The van der Waals surface area contributed by atoms with Crippen molar-refractivity contribution in [3.63, 3.8) is 0 Å². The average Bonchev–Trinajstić information content (AvgIpc) is 3.81. The van der Waals surface area contributed by atoms with E-state index in [9.17, 15) is 61.3 Å². The highest BCUT2D eigenvalue weighted by Gasteiger charge is 2.84. The van der Waals surface area contributed by atoms with Crippen LogP contribution in [-0.4, -0.2) is 191 Å². The van der Waals surface area contributed by atoms with E-state index in [1.54, 1.807) is 13.8 Å². The summed E-state index contributed by atoms with van der Waals surface area (Å²) in [4.78, 5) is 0. The minimum Gasteiger partial charge on any atom is -0.394 e. The summed E-state index contributed by atoms with van der Waals surface area (Å²) in [6.07, 6.45) is -15.1. The van der Waals surface area contributed by atoms with Crippen LogP contribution in [0.15, 0.2) is 0 Å². The lowest BCUT2D eigenvalue weighted by Gasteiger charge is -2.64. The number of hydrogen-bond donors (Lipinski definition) is 12. The topological polar surface area (TPSA) is 298 Å². The Morgan fingerprint density at radius 2 is 1.33 bits per heavy atom. The number of aliphatic hydroxyl groups is 12. The summed E-state index contributed by atoms with van der Waals surface area (Å²) >= 11 is 0. The monoisotopic (exact) mass is 919 g/mol. The molecule has 18 nitrogen and oxygen atoms in total. The van der Waals surface area contributed by atoms with Crippen LogP contribution < -0.4 is 0 Å². The third kappa shape index (κ3) is 7.68. The molecule has 0 aromatic rings. The van der Waals surface area contributed by atoms with Crippen LogP contribution in [-0.2, 0) is 28.4 Å². The Bertz CT molecular complexity index is 1650. The van der Waals surface area contributed by atoms with Gasteiger partial charge in [0.15, 0.2) is 18.9 Å². The Hall–Kier alpha value is -0.720. The van der Waals surface area contributed by atoms with Gasteiger partial charge in [-0.25, -0.2) is 0 Å². The maximum absolute atomic E-state index is 12.6. The van der Waals surface area contributed by atoms with Crippen molar-refractivity contribution in [2.75, 3.05) is 19.8 Å². The second-order valence-corrected chi connectivity index (χ2v) is 23.1. The fourth-order valence-electron chi connectivity index (χ4n) is 15.4. The zero-order chi connectivity index (χ0) is 46.9. The predicted molar refractivity (Wildman–Crippen MR) is 222 cm³/mol. The molecule has 0 amide bonds. The number of hydrogen-bond acceptors (Lipinski definition) is 18. The van der Waals surface area contributed by atoms with Crippen LogP contribution in [0.5, 0.6) is 0 Å². The van der Waals surface area contributed by atoms with Gasteiger partial charge in [0.25, 0.3) is 0 Å². The predicted octanol–water partition coefficient (Wildman–Crippen LogP) is -0.973. The third-order valence-electron chi connectivity index (χ3n) is 19.0. The molecule has 0 radical (unpaired) electrons. The van der Waals surface area contributed by atoms with Crippen molar-refractivity contribution in [2.24, 2.45) is 50.7 Å². The summed E-state index contributed by atoms with van der Waals surface area (Å²) in [7, 11) is 0. The van der Waals surface area contributed by atoms with Crippen molar-refractivity contribution < 1.29 is 89.7 Å². The number of fused-ring (bicyclic) bond motifs is 2. The molecule has 3 aliphatic heterocycles. The molecule has 20 unspecified atom stereocenters. The third-order valence-corrected chi connectivity index (χ3v) is 19.0. The summed E-state index contributed by atoms with van der Waals surface area (Å²) in [5.41, 5.74) is -2.98. The molecule has 2 spiro atoms. The van der Waals surface area contributed by atoms with Gasteiger partial charge in [-0.05, 0) is 122 Å². The van der Waals surface area contributed by atoms with Crippen molar-refractivity contribution >= 4 is 0 Å². The standard InChI is InChI=1S/C46H78O18/c1-20(8-9-27(51)42(4,5)58)29-24(61-39-35(57)33(55)32(54)25(16-47)62-39)15-44(7)26-14-21(48)37-41(2,3)28(10-11-46(37)19-45(26,46)13-12-43(29,44)6)63-40-36(31(53)23(50)18-60-40)64-38-34(56)30(52)22(49)17-59-38/h20-40,47-58H,8-19H2,1-7H3/t20-,21+,22?,23?,24?,25?,26?,27?,28?,29?,30?,31?,32?,33?,34?,35?,36?,37?,38?,39?,40+,43-,44+,45?,46?/m1/s1. The van der Waals surface area contributed by atoms with Crippen molar-refractivity contribution in [1.29, 1.82) is 0 Å². The maximum atomic E-state index is 12.6. The summed E-state index contributed by atoms with van der Waals surface area (Å²) in [5, 5.41) is 129. The molecule has 25 atom stereocenters. The first-order chi connectivity index (χ1) is 29.8. The van der Waals surface area contributed by atoms with Gasteiger partial charge in [0, 0.05) is 0 Å². The minimum atomic E-state index is -1.64. The van der Waals surface area contributed by atoms with Gasteiger partial charge < -0.3 is 89.7 Å². The van der Waals surface area contributed by atoms with Crippen LogP contribution in [0.3, 0.4) is 0 Å². The van der Waals surface area contributed by atoms with Gasteiger partial charge >= 0.3 is 0 Å². The molecule has 8 rings (SSSR count). The summed E-state index contributed by atoms with van der Waals surface area (Å²) in [5.74, 6) is -0.269. The lowest BCUT2D eigenvalue weighted by molar-refractivity contribution is -0.356. The first-order valence-corrected chi connectivity index (χ1v) is 23.8. The minimum absolute atomic E-state index is 0.0345. The van der Waals surface area contributed by atoms with Gasteiger partial charge in [-0.3, -0.25) is 0 Å². The quantitative estimate of drug-likeness (QED) is 0.105. The van der Waals surface area contributed by atoms with E-state index in [-0.39, 0.29) is 53.1 Å². The first-order valence-electron chi connectivity index (χ1n) is 23.8. The Balaban J connectivity index is 1.05. The normalized spacial score (nSPS) is 54.5. The molecule has 64 heavy (non-hydrogen) atoms. The fourth-order valence-corrected chi connectivity index (χ4v) is 15.4. The highest BCUT2D eigenvalue weighted by molar-refractivity contribution is 5.32. The van der Waals surface area contributed by atoms with Gasteiger partial charge in [-0.15, -0.1) is 0 Å². The second kappa shape index (κ2) is 17.3. The number of rotatable bonds is 12. The SMILES string of the molecule is C[C@H](CCC(O)C(C)(C)O)C1C(OC2OC(CO)C(O)C(O)C2O)C[C@@]2(C)C3C[C@H](O)C4C(C)(C)C(O[C@@H]5OCC(O)C(O)C5OC5OCC(O)C(O)C5O)CCC45CC35CC[C@]12C. The molecule has 12 N–H and O–H groups in total. The smallest absolute Gasteiger partial charge is 0.186 e. The Labute approximate surface area is 375 Å². The van der Waals surface area contributed by atoms with Crippen molar-refractivity contribution in [3.8, 4) is 0 Å². The van der Waals surface area contributed by atoms with E-state index in [0.29, 0.717) is 32.1 Å². The molecular weight excluding hydrogens is 840 g/mol. The molecule has 5 saturated carbocycles. The van der Waals surface area contributed by atoms with Gasteiger partial charge in [-0.1, -0.05) is 34.6 Å². The Morgan fingerprint density at radius 1 is 0.688 bits per heavy atom. The molecule has 0 aromatic heterocycles. The molecule has 3 saturated heterocycles. The molecule has 3 heterocycles. The fraction of sp³-hybridized carbons (Fsp3) is 1.00. The maximum Gasteiger partial charge on any atom is 0.186 e. The summed E-state index contributed by atoms with van der Waals surface area (Å²) < 4.78 is 36.8. The average molecular weight is 919 g/mol. The molecular formula is C46H78O18. The Kier molecular flexibility index (Phi) is 13.4. The molecule has 0 aromatic carbocycles. The molecule has 8 fully saturated rings. The van der Waals surface area contributed by atoms with Gasteiger partial charge in [-0.2, -0.15) is 0 Å². The molecule has 370 valence electrons. The molecule has 0 bridgehead atoms. The van der Waals surface area contributed by atoms with Crippen LogP contribution in [0.2, 0.25) is 0 Å². The van der Waals surface area contributed by atoms with Crippen LogP contribution in [0, 0.1) is 50.7 Å². The van der Waals surface area contributed by atoms with Crippen molar-refractivity contribution in [3.05, 3.63) is 0 Å². The number of ether oxygens (including phenoxy) is 6. The van der Waals surface area contributed by atoms with E-state index in [2.05, 4.69) is 34.6 Å². The van der Waals surface area contributed by atoms with E-state index in [4.69, 9.17) is 28.4 Å². The van der Waals surface area contributed by atoms with E-state index < -0.39 is 127 Å². The largest absolute Gasteiger partial charge is 0.394 e. The summed E-state index contributed by atoms with van der Waals surface area (Å²) in [6.45, 7) is 13.0. The van der Waals surface area contributed by atoms with Gasteiger partial charge in [0.05, 0.1) is 49.8 Å². The Morgan fingerprint density at radius 3 is 1.98 bits per heavy atom. The first kappa shape index (κ1) is 49.7. The highest BCUT2D eigenvalue weighted by Crippen LogP contribution is 2.89. The molecule has 8 aliphatic rings. The van der Waals surface area contributed by atoms with Crippen LogP contribution in [0.4, 0.5) is 0 Å². The molecule has 5 aliphatic carbocycles. The van der Waals surface area contributed by atoms with Crippen LogP contribution >= 0.6 is 0 Å². The van der Waals surface area contributed by atoms with Crippen LogP contribution in [0.1, 0.15) is 106 Å². The van der Waals surface area contributed by atoms with Crippen molar-refractivity contribution in [2.45, 2.75) is 216 Å². The number of aliphatic hydroxyl groups excluding tert-OH is 11. The van der Waals surface area contributed by atoms with Crippen molar-refractivity contribution in [1.82, 2.24) is 0 Å². The molecule has 18 heteroatoms. The van der Waals surface area contributed by atoms with E-state index >= 15 is 0 Å². The van der Waals surface area contributed by atoms with Gasteiger partial charge in [0.1, 0.15) is 61.0 Å². The second-order valence-electron chi connectivity index (χ2n) is 23.1. The van der Waals surface area contributed by atoms with E-state index in [0.717, 1.165) is 25.7 Å². The lowest BCUT2D eigenvalue weighted by atomic mass is 9.41. The summed E-state index contributed by atoms with van der Waals surface area (Å²) in [6, 6.07) is 0. The zero-order valence-electron chi connectivity index (χ0n) is 38.4. The van der Waals surface area contributed by atoms with E-state index in [1.807, 2.05) is 0 Å². The lowest BCUT2D eigenvalue weighted by Crippen LogP contribution is -2.63.